The Bertz CT molecular complexity index is 1050. The van der Waals surface area contributed by atoms with Gasteiger partial charge in [-0.3, -0.25) is 9.97 Å². The van der Waals surface area contributed by atoms with Crippen molar-refractivity contribution in [2.24, 2.45) is 0 Å². The summed E-state index contributed by atoms with van der Waals surface area (Å²) in [6.07, 6.45) is 3.02. The zero-order chi connectivity index (χ0) is 23.2. The molecule has 0 spiro atoms. The van der Waals surface area contributed by atoms with Crippen LogP contribution in [0.4, 0.5) is 0 Å². The third-order valence-corrected chi connectivity index (χ3v) is 3.79. The van der Waals surface area contributed by atoms with Gasteiger partial charge in [-0.05, 0) is 37.0 Å². The Balaban J connectivity index is 0.000000227. The van der Waals surface area contributed by atoms with Gasteiger partial charge >= 0.3 is 0 Å². The third kappa shape index (κ3) is 5.68. The molecule has 4 rings (SSSR count). The molecule has 0 aliphatic carbocycles. The molecule has 0 saturated heterocycles. The first-order valence-electron chi connectivity index (χ1n) is 11.2. The standard InChI is InChI=1S/2C12H11N.Ir/c2*1-10-12(8-5-9-13-10)11-6-3-2-4-7-11;/h2*2-9H,1H3;/i2*1D3;. The maximum Gasteiger partial charge on any atom is 0.0450 e. The summed E-state index contributed by atoms with van der Waals surface area (Å²) in [6.45, 7) is -4.35. The third-order valence-electron chi connectivity index (χ3n) is 3.79. The summed E-state index contributed by atoms with van der Waals surface area (Å²) in [5.41, 5.74) is 3.40. The smallest absolute Gasteiger partial charge is 0.0450 e. The van der Waals surface area contributed by atoms with Gasteiger partial charge in [0.15, 0.2) is 0 Å². The van der Waals surface area contributed by atoms with Gasteiger partial charge in [-0.25, -0.2) is 0 Å². The van der Waals surface area contributed by atoms with Crippen LogP contribution in [0, 0.1) is 13.7 Å². The van der Waals surface area contributed by atoms with Gasteiger partial charge in [-0.1, -0.05) is 72.8 Å². The average Bonchev–Trinajstić information content (AvgIpc) is 2.80. The van der Waals surface area contributed by atoms with E-state index in [0.717, 1.165) is 11.1 Å². The largest absolute Gasteiger partial charge is 0.261 e. The number of nitrogens with zero attached hydrogens (tertiary/aromatic N) is 2. The second-order valence-corrected chi connectivity index (χ2v) is 5.53. The molecule has 137 valence electrons. The Labute approximate surface area is 183 Å². The van der Waals surface area contributed by atoms with Crippen molar-refractivity contribution in [3.8, 4) is 22.3 Å². The number of aromatic nitrogens is 2. The average molecular weight is 537 g/mol. The van der Waals surface area contributed by atoms with Crippen molar-refractivity contribution >= 4 is 0 Å². The van der Waals surface area contributed by atoms with Crippen molar-refractivity contribution < 1.29 is 28.3 Å². The van der Waals surface area contributed by atoms with E-state index in [0.29, 0.717) is 11.1 Å². The number of benzene rings is 2. The van der Waals surface area contributed by atoms with Crippen LogP contribution in [0.5, 0.6) is 0 Å². The van der Waals surface area contributed by atoms with Gasteiger partial charge in [0.1, 0.15) is 0 Å². The van der Waals surface area contributed by atoms with Crippen LogP contribution in [-0.2, 0) is 20.1 Å². The molecular formula is C24H22IrN2. The molecular weight excluding hydrogens is 508 g/mol. The van der Waals surface area contributed by atoms with Crippen LogP contribution in [0.1, 0.15) is 19.6 Å². The summed E-state index contributed by atoms with van der Waals surface area (Å²) >= 11 is 0. The zero-order valence-corrected chi connectivity index (χ0v) is 16.9. The number of hydrogen-bond donors (Lipinski definition) is 0. The van der Waals surface area contributed by atoms with E-state index in [1.54, 1.807) is 24.3 Å². The Morgan fingerprint density at radius 2 is 0.963 bits per heavy atom. The zero-order valence-electron chi connectivity index (χ0n) is 20.5. The van der Waals surface area contributed by atoms with E-state index in [1.165, 1.54) is 12.4 Å². The van der Waals surface area contributed by atoms with Gasteiger partial charge in [-0.15, -0.1) is 0 Å². The van der Waals surface area contributed by atoms with E-state index in [-0.39, 0.29) is 31.5 Å². The van der Waals surface area contributed by atoms with Crippen molar-refractivity contribution in [2.75, 3.05) is 0 Å². The van der Waals surface area contributed by atoms with E-state index < -0.39 is 13.7 Å². The first-order chi connectivity index (χ1) is 15.2. The summed E-state index contributed by atoms with van der Waals surface area (Å²) in [4.78, 5) is 7.93. The Morgan fingerprint density at radius 1 is 0.556 bits per heavy atom. The molecule has 0 amide bonds. The molecule has 0 aliphatic rings. The normalized spacial score (nSPS) is 13.8. The van der Waals surface area contributed by atoms with Crippen LogP contribution in [0.15, 0.2) is 97.3 Å². The fourth-order valence-electron chi connectivity index (χ4n) is 2.51. The van der Waals surface area contributed by atoms with E-state index in [9.17, 15) is 0 Å². The van der Waals surface area contributed by atoms with Crippen molar-refractivity contribution in [1.29, 1.82) is 0 Å². The second kappa shape index (κ2) is 10.5. The maximum absolute atomic E-state index is 7.43. The molecule has 0 unspecified atom stereocenters. The van der Waals surface area contributed by atoms with Gasteiger partial charge in [0, 0.05) is 63.2 Å². The van der Waals surface area contributed by atoms with E-state index in [4.69, 9.17) is 8.22 Å². The summed E-state index contributed by atoms with van der Waals surface area (Å²) in [5, 5.41) is 0. The predicted octanol–water partition coefficient (Wildman–Crippen LogP) is 6.11. The molecule has 1 radical (unpaired) electrons. The minimum Gasteiger partial charge on any atom is -0.261 e. The minimum absolute atomic E-state index is 0. The van der Waals surface area contributed by atoms with Crippen LogP contribution in [0.2, 0.25) is 0 Å². The van der Waals surface area contributed by atoms with Gasteiger partial charge in [0.25, 0.3) is 0 Å². The van der Waals surface area contributed by atoms with Crippen molar-refractivity contribution in [3.63, 3.8) is 0 Å². The molecule has 0 saturated carbocycles. The van der Waals surface area contributed by atoms with Crippen LogP contribution in [-0.4, -0.2) is 9.97 Å². The van der Waals surface area contributed by atoms with E-state index in [2.05, 4.69) is 9.97 Å². The van der Waals surface area contributed by atoms with Gasteiger partial charge in [-0.2, -0.15) is 0 Å². The monoisotopic (exact) mass is 537 g/mol. The molecule has 0 atom stereocenters. The fraction of sp³-hybridized carbons (Fsp3) is 0.0833. The number of rotatable bonds is 2. The van der Waals surface area contributed by atoms with Gasteiger partial charge in [0.05, 0.1) is 0 Å². The summed E-state index contributed by atoms with van der Waals surface area (Å²) in [5.74, 6) is 0. The summed E-state index contributed by atoms with van der Waals surface area (Å²) < 4.78 is 44.6. The molecule has 2 aromatic heterocycles. The molecule has 0 fully saturated rings. The van der Waals surface area contributed by atoms with Gasteiger partial charge < -0.3 is 0 Å². The topological polar surface area (TPSA) is 25.8 Å². The molecule has 2 aromatic carbocycles. The summed E-state index contributed by atoms with van der Waals surface area (Å²) in [7, 11) is 0. The molecule has 4 aromatic rings. The number of hydrogen-bond acceptors (Lipinski definition) is 2. The van der Waals surface area contributed by atoms with Crippen LogP contribution >= 0.6 is 0 Å². The molecule has 2 heterocycles. The van der Waals surface area contributed by atoms with E-state index in [1.807, 2.05) is 60.7 Å². The van der Waals surface area contributed by atoms with Gasteiger partial charge in [0.2, 0.25) is 0 Å². The SMILES string of the molecule is [2H]C([2H])([2H])c1ncccc1-c1ccccc1.[2H]C([2H])([2H])c1ncccc1-c1ccccc1.[Ir]. The van der Waals surface area contributed by atoms with Crippen LogP contribution < -0.4 is 0 Å². The fourth-order valence-corrected chi connectivity index (χ4v) is 2.51. The Kier molecular flexibility index (Phi) is 5.27. The Morgan fingerprint density at radius 3 is 1.33 bits per heavy atom. The molecule has 0 N–H and O–H groups in total. The van der Waals surface area contributed by atoms with Crippen molar-refractivity contribution in [1.82, 2.24) is 9.97 Å². The van der Waals surface area contributed by atoms with E-state index >= 15 is 0 Å². The van der Waals surface area contributed by atoms with Crippen LogP contribution in [0.25, 0.3) is 22.3 Å². The second-order valence-electron chi connectivity index (χ2n) is 5.53. The molecule has 0 bridgehead atoms. The maximum atomic E-state index is 7.43. The summed E-state index contributed by atoms with van der Waals surface area (Å²) in [6, 6.07) is 25.9. The Hall–Kier alpha value is -2.61. The van der Waals surface area contributed by atoms with Crippen LogP contribution in [0.3, 0.4) is 0 Å². The number of pyridine rings is 2. The first kappa shape index (κ1) is 13.5. The molecule has 3 heteroatoms. The minimum atomic E-state index is -2.17. The molecule has 0 aliphatic heterocycles. The molecule has 27 heavy (non-hydrogen) atoms. The number of aryl methyl sites for hydroxylation is 2. The quantitative estimate of drug-likeness (QED) is 0.309. The molecule has 2 nitrogen and oxygen atoms in total. The van der Waals surface area contributed by atoms with Crippen molar-refractivity contribution in [2.45, 2.75) is 13.7 Å². The van der Waals surface area contributed by atoms with Crippen molar-refractivity contribution in [3.05, 3.63) is 109 Å². The first-order valence-corrected chi connectivity index (χ1v) is 8.20. The predicted molar refractivity (Wildman–Crippen MR) is 109 cm³/mol.